The van der Waals surface area contributed by atoms with Crippen LogP contribution in [0.3, 0.4) is 0 Å². The van der Waals surface area contributed by atoms with Crippen LogP contribution in [0.4, 0.5) is 0 Å². The lowest BCUT2D eigenvalue weighted by atomic mass is 10.1. The van der Waals surface area contributed by atoms with Gasteiger partial charge >= 0.3 is 5.97 Å². The number of carboxylic acids is 1. The largest absolute Gasteiger partial charge is 0.478 e. The summed E-state index contributed by atoms with van der Waals surface area (Å²) in [5.74, 6) is -1.23. The minimum Gasteiger partial charge on any atom is -0.478 e. The molecule has 2 aromatic rings. The summed E-state index contributed by atoms with van der Waals surface area (Å²) in [6.45, 7) is 0. The maximum absolute atomic E-state index is 11.5. The first kappa shape index (κ1) is 18.8. The van der Waals surface area contributed by atoms with E-state index in [0.717, 1.165) is 0 Å². The van der Waals surface area contributed by atoms with Crippen LogP contribution in [0.25, 0.3) is 0 Å². The Bertz CT molecular complexity index is 753. The number of rotatable bonds is 4. The first-order valence-electron chi connectivity index (χ1n) is 6.95. The predicted octanol–water partition coefficient (Wildman–Crippen LogP) is 2.40. The first-order valence-corrected chi connectivity index (χ1v) is 6.95. The second-order valence-electron chi connectivity index (χ2n) is 4.91. The molecule has 0 bridgehead atoms. The van der Waals surface area contributed by atoms with Crippen molar-refractivity contribution in [3.8, 4) is 0 Å². The molecule has 124 valence electrons. The predicted molar refractivity (Wildman–Crippen MR) is 88.6 cm³/mol. The number of hydrogen-bond donors (Lipinski definition) is 1. The van der Waals surface area contributed by atoms with Crippen LogP contribution >= 0.6 is 0 Å². The minimum atomic E-state index is -1.08. The van der Waals surface area contributed by atoms with Gasteiger partial charge in [0.15, 0.2) is 12.6 Å². The molecule has 0 radical (unpaired) electrons. The molecule has 0 unspecified atom stereocenters. The molecule has 0 heterocycles. The lowest BCUT2D eigenvalue weighted by molar-refractivity contribution is 0.0693. The summed E-state index contributed by atoms with van der Waals surface area (Å²) in [7, 11) is 3.31. The fraction of sp³-hybridized carbons (Fsp3) is 0.111. The highest BCUT2D eigenvalue weighted by Gasteiger charge is 2.11. The highest BCUT2D eigenvalue weighted by atomic mass is 16.4. The van der Waals surface area contributed by atoms with E-state index in [9.17, 15) is 19.2 Å². The van der Waals surface area contributed by atoms with Gasteiger partial charge in [-0.2, -0.15) is 0 Å². The van der Waals surface area contributed by atoms with Crippen molar-refractivity contribution in [3.05, 3.63) is 70.8 Å². The Hall–Kier alpha value is -3.28. The van der Waals surface area contributed by atoms with E-state index in [1.165, 1.54) is 17.0 Å². The lowest BCUT2D eigenvalue weighted by Gasteiger charge is -2.11. The van der Waals surface area contributed by atoms with Crippen LogP contribution in [-0.2, 0) is 0 Å². The third kappa shape index (κ3) is 4.88. The zero-order valence-electron chi connectivity index (χ0n) is 13.3. The van der Waals surface area contributed by atoms with Gasteiger partial charge in [0.05, 0.1) is 11.1 Å². The van der Waals surface area contributed by atoms with Crippen molar-refractivity contribution in [1.82, 2.24) is 4.90 Å². The monoisotopic (exact) mass is 327 g/mol. The van der Waals surface area contributed by atoms with Gasteiger partial charge in [-0.05, 0) is 12.1 Å². The van der Waals surface area contributed by atoms with Gasteiger partial charge in [0.1, 0.15) is 0 Å². The standard InChI is InChI=1S/C10H11NO2.C8H6O3/c1-11(2)10(13)9-6-4-3-5-8(9)7-12;9-5-6-3-1-2-4-7(6)8(10)11/h3-7H,1-2H3;1-5H,(H,10,11). The topological polar surface area (TPSA) is 91.8 Å². The molecule has 0 aliphatic carbocycles. The Morgan fingerprint density at radius 3 is 1.62 bits per heavy atom. The third-order valence-corrected chi connectivity index (χ3v) is 3.04. The molecule has 0 atom stereocenters. The molecule has 0 aliphatic heterocycles. The number of benzene rings is 2. The van der Waals surface area contributed by atoms with Gasteiger partial charge in [0, 0.05) is 25.2 Å². The molecular weight excluding hydrogens is 310 g/mol. The van der Waals surface area contributed by atoms with E-state index < -0.39 is 5.97 Å². The number of hydrogen-bond acceptors (Lipinski definition) is 4. The molecule has 24 heavy (non-hydrogen) atoms. The van der Waals surface area contributed by atoms with Gasteiger partial charge < -0.3 is 10.0 Å². The van der Waals surface area contributed by atoms with Crippen LogP contribution < -0.4 is 0 Å². The molecule has 6 nitrogen and oxygen atoms in total. The summed E-state index contributed by atoms with van der Waals surface area (Å²) >= 11 is 0. The molecule has 0 spiro atoms. The van der Waals surface area contributed by atoms with Crippen molar-refractivity contribution >= 4 is 24.4 Å². The van der Waals surface area contributed by atoms with Crippen molar-refractivity contribution in [3.63, 3.8) is 0 Å². The quantitative estimate of drug-likeness (QED) is 0.871. The molecule has 0 aliphatic rings. The van der Waals surface area contributed by atoms with Gasteiger partial charge in [0.2, 0.25) is 0 Å². The van der Waals surface area contributed by atoms with Crippen molar-refractivity contribution in [2.75, 3.05) is 14.1 Å². The highest BCUT2D eigenvalue weighted by molar-refractivity contribution is 6.01. The maximum atomic E-state index is 11.5. The van der Waals surface area contributed by atoms with Gasteiger partial charge in [-0.3, -0.25) is 14.4 Å². The number of aldehydes is 2. The maximum Gasteiger partial charge on any atom is 0.336 e. The van der Waals surface area contributed by atoms with Crippen LogP contribution in [0.15, 0.2) is 48.5 Å². The number of amides is 1. The van der Waals surface area contributed by atoms with Crippen molar-refractivity contribution in [2.24, 2.45) is 0 Å². The summed E-state index contributed by atoms with van der Waals surface area (Å²) in [6, 6.07) is 12.8. The third-order valence-electron chi connectivity index (χ3n) is 3.04. The van der Waals surface area contributed by atoms with Crippen LogP contribution in [-0.4, -0.2) is 48.6 Å². The number of carbonyl (C=O) groups is 4. The fourth-order valence-corrected chi connectivity index (χ4v) is 1.83. The van der Waals surface area contributed by atoms with E-state index in [0.29, 0.717) is 23.7 Å². The van der Waals surface area contributed by atoms with E-state index in [1.54, 1.807) is 50.5 Å². The fourth-order valence-electron chi connectivity index (χ4n) is 1.83. The number of aromatic carboxylic acids is 1. The van der Waals surface area contributed by atoms with Gasteiger partial charge in [0.25, 0.3) is 5.91 Å². The molecule has 0 fully saturated rings. The molecule has 0 saturated heterocycles. The SMILES string of the molecule is CN(C)C(=O)c1ccccc1C=O.O=Cc1ccccc1C(=O)O. The Morgan fingerprint density at radius 2 is 1.25 bits per heavy atom. The number of carbonyl (C=O) groups excluding carboxylic acids is 3. The molecule has 0 saturated carbocycles. The smallest absolute Gasteiger partial charge is 0.336 e. The van der Waals surface area contributed by atoms with Crippen LogP contribution in [0.5, 0.6) is 0 Å². The summed E-state index contributed by atoms with van der Waals surface area (Å²) in [5, 5.41) is 8.54. The van der Waals surface area contributed by atoms with Crippen molar-refractivity contribution < 1.29 is 24.3 Å². The van der Waals surface area contributed by atoms with Crippen molar-refractivity contribution in [1.29, 1.82) is 0 Å². The Balaban J connectivity index is 0.000000243. The Morgan fingerprint density at radius 1 is 0.833 bits per heavy atom. The summed E-state index contributed by atoms with van der Waals surface area (Å²) < 4.78 is 0. The molecule has 2 rings (SSSR count). The second-order valence-corrected chi connectivity index (χ2v) is 4.91. The number of carboxylic acid groups (broad SMARTS) is 1. The summed E-state index contributed by atoms with van der Waals surface area (Å²) in [4.78, 5) is 44.2. The average Bonchev–Trinajstić information content (AvgIpc) is 2.61. The normalized spacial score (nSPS) is 9.25. The van der Waals surface area contributed by atoms with Crippen LogP contribution in [0.2, 0.25) is 0 Å². The van der Waals surface area contributed by atoms with Gasteiger partial charge in [-0.25, -0.2) is 4.79 Å². The van der Waals surface area contributed by atoms with E-state index >= 15 is 0 Å². The molecule has 0 aromatic heterocycles. The Kier molecular flexibility index (Phi) is 7.03. The molecule has 6 heteroatoms. The lowest BCUT2D eigenvalue weighted by Crippen LogP contribution is -2.22. The number of nitrogens with zero attached hydrogens (tertiary/aromatic N) is 1. The van der Waals surface area contributed by atoms with E-state index in [2.05, 4.69) is 0 Å². The summed E-state index contributed by atoms with van der Waals surface area (Å²) in [5.41, 5.74) is 1.13. The van der Waals surface area contributed by atoms with Gasteiger partial charge in [-0.1, -0.05) is 36.4 Å². The van der Waals surface area contributed by atoms with Gasteiger partial charge in [-0.15, -0.1) is 0 Å². The Labute approximate surface area is 139 Å². The van der Waals surface area contributed by atoms with E-state index in [4.69, 9.17) is 5.11 Å². The van der Waals surface area contributed by atoms with E-state index in [-0.39, 0.29) is 17.0 Å². The first-order chi connectivity index (χ1) is 11.4. The minimum absolute atomic E-state index is 0.0440. The zero-order chi connectivity index (χ0) is 18.1. The average molecular weight is 327 g/mol. The molecular formula is C18H17NO5. The second kappa shape index (κ2) is 8.99. The van der Waals surface area contributed by atoms with Crippen LogP contribution in [0.1, 0.15) is 41.4 Å². The summed E-state index contributed by atoms with van der Waals surface area (Å²) in [6.07, 6.45) is 1.22. The van der Waals surface area contributed by atoms with Crippen molar-refractivity contribution in [2.45, 2.75) is 0 Å². The zero-order valence-corrected chi connectivity index (χ0v) is 13.3. The van der Waals surface area contributed by atoms with Crippen LogP contribution in [0, 0.1) is 0 Å². The molecule has 1 N–H and O–H groups in total. The highest BCUT2D eigenvalue weighted by Crippen LogP contribution is 2.08. The molecule has 2 aromatic carbocycles. The molecule has 1 amide bonds. The van der Waals surface area contributed by atoms with E-state index in [1.807, 2.05) is 0 Å².